The summed E-state index contributed by atoms with van der Waals surface area (Å²) < 4.78 is 5.08. The van der Waals surface area contributed by atoms with Crippen molar-refractivity contribution in [3.8, 4) is 5.88 Å². The summed E-state index contributed by atoms with van der Waals surface area (Å²) in [6, 6.07) is 12.9. The molecule has 1 aliphatic carbocycles. The van der Waals surface area contributed by atoms with E-state index in [0.29, 0.717) is 11.9 Å². The molecular formula is C19H25N3O2. The molecule has 2 aromatic rings. The summed E-state index contributed by atoms with van der Waals surface area (Å²) in [7, 11) is 1.59. The number of fused-ring (bicyclic) bond motifs is 1. The fourth-order valence-electron chi connectivity index (χ4n) is 3.48. The Labute approximate surface area is 143 Å². The van der Waals surface area contributed by atoms with Crippen LogP contribution in [-0.4, -0.2) is 40.5 Å². The fourth-order valence-corrected chi connectivity index (χ4v) is 3.48. The predicted molar refractivity (Wildman–Crippen MR) is 92.8 cm³/mol. The van der Waals surface area contributed by atoms with Crippen molar-refractivity contribution in [2.24, 2.45) is 0 Å². The Morgan fingerprint density at radius 1 is 1.21 bits per heavy atom. The standard InChI is InChI=1S/C19H25N3O2/c1-24-19-11-10-16(20-21-19)14-22(12-5-13-23)18-9-4-7-15-6-2-3-8-17(15)18/h2-3,6,8,10-11,18,23H,4-5,7,9,12-14H2,1H3/t18-/m1/s1. The number of aliphatic hydroxyl groups is 1. The lowest BCUT2D eigenvalue weighted by Crippen LogP contribution is -2.32. The molecule has 5 heteroatoms. The number of aromatic nitrogens is 2. The van der Waals surface area contributed by atoms with Gasteiger partial charge in [0.2, 0.25) is 5.88 Å². The van der Waals surface area contributed by atoms with Crippen LogP contribution >= 0.6 is 0 Å². The number of aryl methyl sites for hydroxylation is 1. The maximum absolute atomic E-state index is 9.27. The minimum atomic E-state index is 0.207. The molecule has 0 amide bonds. The Morgan fingerprint density at radius 3 is 2.83 bits per heavy atom. The number of methoxy groups -OCH3 is 1. The second-order valence-electron chi connectivity index (χ2n) is 6.22. The van der Waals surface area contributed by atoms with Crippen molar-refractivity contribution in [3.63, 3.8) is 0 Å². The van der Waals surface area contributed by atoms with Crippen LogP contribution in [0.1, 0.15) is 42.1 Å². The van der Waals surface area contributed by atoms with E-state index in [0.717, 1.165) is 38.0 Å². The zero-order valence-electron chi connectivity index (χ0n) is 14.2. The normalized spacial score (nSPS) is 16.9. The Bertz CT molecular complexity index is 645. The Hall–Kier alpha value is -1.98. The number of aliphatic hydroxyl groups excluding tert-OH is 1. The lowest BCUT2D eigenvalue weighted by molar-refractivity contribution is 0.150. The van der Waals surface area contributed by atoms with Gasteiger partial charge >= 0.3 is 0 Å². The Balaban J connectivity index is 1.81. The van der Waals surface area contributed by atoms with Gasteiger partial charge < -0.3 is 9.84 Å². The van der Waals surface area contributed by atoms with Crippen LogP contribution in [0.25, 0.3) is 0 Å². The van der Waals surface area contributed by atoms with Gasteiger partial charge in [0.1, 0.15) is 0 Å². The number of ether oxygens (including phenoxy) is 1. The van der Waals surface area contributed by atoms with E-state index in [1.165, 1.54) is 17.5 Å². The summed E-state index contributed by atoms with van der Waals surface area (Å²) in [5, 5.41) is 17.6. The first-order chi connectivity index (χ1) is 11.8. The molecule has 0 radical (unpaired) electrons. The Kier molecular flexibility index (Phi) is 5.77. The van der Waals surface area contributed by atoms with Crippen LogP contribution < -0.4 is 4.74 Å². The molecule has 24 heavy (non-hydrogen) atoms. The number of hydrogen-bond acceptors (Lipinski definition) is 5. The highest BCUT2D eigenvalue weighted by molar-refractivity contribution is 5.32. The Morgan fingerprint density at radius 2 is 2.08 bits per heavy atom. The molecule has 0 fully saturated rings. The largest absolute Gasteiger partial charge is 0.480 e. The van der Waals surface area contributed by atoms with Gasteiger partial charge in [-0.2, -0.15) is 5.10 Å². The van der Waals surface area contributed by atoms with Crippen molar-refractivity contribution in [1.82, 2.24) is 15.1 Å². The average Bonchev–Trinajstić information content (AvgIpc) is 2.65. The molecule has 128 valence electrons. The minimum Gasteiger partial charge on any atom is -0.480 e. The van der Waals surface area contributed by atoms with Crippen molar-refractivity contribution < 1.29 is 9.84 Å². The number of rotatable bonds is 7. The first-order valence-electron chi connectivity index (χ1n) is 8.61. The molecule has 0 saturated heterocycles. The van der Waals surface area contributed by atoms with Crippen LogP contribution in [0.3, 0.4) is 0 Å². The zero-order chi connectivity index (χ0) is 16.8. The van der Waals surface area contributed by atoms with E-state index < -0.39 is 0 Å². The van der Waals surface area contributed by atoms with Gasteiger partial charge in [-0.3, -0.25) is 4.90 Å². The summed E-state index contributed by atoms with van der Waals surface area (Å²) in [5.41, 5.74) is 3.79. The van der Waals surface area contributed by atoms with E-state index in [-0.39, 0.29) is 6.61 Å². The zero-order valence-corrected chi connectivity index (χ0v) is 14.2. The highest BCUT2D eigenvalue weighted by Gasteiger charge is 2.25. The van der Waals surface area contributed by atoms with Crippen molar-refractivity contribution in [2.75, 3.05) is 20.3 Å². The molecule has 0 aliphatic heterocycles. The number of hydrogen-bond donors (Lipinski definition) is 1. The first kappa shape index (κ1) is 16.9. The quantitative estimate of drug-likeness (QED) is 0.847. The molecule has 1 aromatic heterocycles. The summed E-state index contributed by atoms with van der Waals surface area (Å²) in [6.07, 6.45) is 4.27. The number of benzene rings is 1. The summed E-state index contributed by atoms with van der Waals surface area (Å²) in [5.74, 6) is 0.531. The molecule has 1 heterocycles. The smallest absolute Gasteiger partial charge is 0.233 e. The van der Waals surface area contributed by atoms with Gasteiger partial charge in [0.05, 0.1) is 12.8 Å². The second-order valence-corrected chi connectivity index (χ2v) is 6.22. The summed E-state index contributed by atoms with van der Waals surface area (Å²) in [6.45, 7) is 1.79. The van der Waals surface area contributed by atoms with Crippen LogP contribution in [0.15, 0.2) is 36.4 Å². The van der Waals surface area contributed by atoms with Crippen LogP contribution in [-0.2, 0) is 13.0 Å². The van der Waals surface area contributed by atoms with Crippen molar-refractivity contribution in [1.29, 1.82) is 0 Å². The van der Waals surface area contributed by atoms with Gasteiger partial charge in [-0.1, -0.05) is 24.3 Å². The van der Waals surface area contributed by atoms with Crippen molar-refractivity contribution >= 4 is 0 Å². The molecule has 0 bridgehead atoms. The molecule has 0 spiro atoms. The van der Waals surface area contributed by atoms with Gasteiger partial charge in [-0.15, -0.1) is 5.10 Å². The molecule has 1 N–H and O–H groups in total. The van der Waals surface area contributed by atoms with Crippen LogP contribution in [0.5, 0.6) is 5.88 Å². The molecule has 1 atom stereocenters. The SMILES string of the molecule is COc1ccc(CN(CCCO)[C@@H]2CCCc3ccccc32)nn1. The van der Waals surface area contributed by atoms with Gasteiger partial charge in [0.25, 0.3) is 0 Å². The summed E-state index contributed by atoms with van der Waals surface area (Å²) in [4.78, 5) is 2.42. The van der Waals surface area contributed by atoms with E-state index in [2.05, 4.69) is 39.4 Å². The topological polar surface area (TPSA) is 58.5 Å². The molecule has 5 nitrogen and oxygen atoms in total. The summed E-state index contributed by atoms with van der Waals surface area (Å²) >= 11 is 0. The molecule has 1 aliphatic rings. The molecule has 0 saturated carbocycles. The monoisotopic (exact) mass is 327 g/mol. The molecule has 0 unspecified atom stereocenters. The van der Waals surface area contributed by atoms with E-state index in [9.17, 15) is 5.11 Å². The maximum atomic E-state index is 9.27. The van der Waals surface area contributed by atoms with Crippen LogP contribution in [0, 0.1) is 0 Å². The van der Waals surface area contributed by atoms with Gasteiger partial charge in [0.15, 0.2) is 0 Å². The van der Waals surface area contributed by atoms with Gasteiger partial charge in [-0.05, 0) is 42.9 Å². The maximum Gasteiger partial charge on any atom is 0.233 e. The molecule has 1 aromatic carbocycles. The highest BCUT2D eigenvalue weighted by Crippen LogP contribution is 2.35. The third-order valence-corrected chi connectivity index (χ3v) is 4.65. The average molecular weight is 327 g/mol. The van der Waals surface area contributed by atoms with Gasteiger partial charge in [0, 0.05) is 31.8 Å². The third-order valence-electron chi connectivity index (χ3n) is 4.65. The van der Waals surface area contributed by atoms with Crippen molar-refractivity contribution in [2.45, 2.75) is 38.3 Å². The predicted octanol–water partition coefficient (Wildman–Crippen LogP) is 2.75. The first-order valence-corrected chi connectivity index (χ1v) is 8.61. The molecule has 3 rings (SSSR count). The van der Waals surface area contributed by atoms with E-state index >= 15 is 0 Å². The molecular weight excluding hydrogens is 302 g/mol. The van der Waals surface area contributed by atoms with Gasteiger partial charge in [-0.25, -0.2) is 0 Å². The lowest BCUT2D eigenvalue weighted by Gasteiger charge is -2.35. The van der Waals surface area contributed by atoms with Crippen LogP contribution in [0.4, 0.5) is 0 Å². The van der Waals surface area contributed by atoms with Crippen molar-refractivity contribution in [3.05, 3.63) is 53.2 Å². The lowest BCUT2D eigenvalue weighted by atomic mass is 9.86. The van der Waals surface area contributed by atoms with Crippen LogP contribution in [0.2, 0.25) is 0 Å². The third kappa shape index (κ3) is 3.91. The highest BCUT2D eigenvalue weighted by atomic mass is 16.5. The van der Waals surface area contributed by atoms with E-state index in [4.69, 9.17) is 4.74 Å². The van der Waals surface area contributed by atoms with E-state index in [1.54, 1.807) is 7.11 Å². The second kappa shape index (κ2) is 8.22. The minimum absolute atomic E-state index is 0.207. The number of nitrogens with zero attached hydrogens (tertiary/aromatic N) is 3. The fraction of sp³-hybridized carbons (Fsp3) is 0.474. The van der Waals surface area contributed by atoms with E-state index in [1.807, 2.05) is 12.1 Å².